The fourth-order valence-corrected chi connectivity index (χ4v) is 5.82. The number of rotatable bonds is 32. The highest BCUT2D eigenvalue weighted by atomic mass is 16.3. The molecule has 0 aliphatic carbocycles. The Morgan fingerprint density at radius 2 is 0.789 bits per heavy atom. The smallest absolute Gasteiger partial charge is 0.115 e. The van der Waals surface area contributed by atoms with Gasteiger partial charge in [-0.2, -0.15) is 0 Å². The van der Waals surface area contributed by atoms with E-state index in [1.807, 2.05) is 0 Å². The van der Waals surface area contributed by atoms with Crippen LogP contribution in [0.1, 0.15) is 181 Å². The van der Waals surface area contributed by atoms with Crippen LogP contribution < -0.4 is 5.32 Å². The van der Waals surface area contributed by atoms with Gasteiger partial charge in [0.15, 0.2) is 0 Å². The zero-order chi connectivity index (χ0) is 28.0. The number of likely N-dealkylation sites (N-methyl/N-ethyl adjacent to an activating group) is 1. The summed E-state index contributed by atoms with van der Waals surface area (Å²) in [6, 6.07) is 0. The average molecular weight is 540 g/mol. The molecular formula is C35H75N2O+. The van der Waals surface area contributed by atoms with E-state index in [2.05, 4.69) is 33.3 Å². The molecule has 0 aliphatic rings. The third-order valence-corrected chi connectivity index (χ3v) is 8.41. The number of hydrogen-bond donors (Lipinski definition) is 2. The van der Waals surface area contributed by atoms with Crippen molar-refractivity contribution in [2.75, 3.05) is 40.3 Å². The first-order valence-electron chi connectivity index (χ1n) is 17.7. The van der Waals surface area contributed by atoms with Crippen molar-refractivity contribution in [2.45, 2.75) is 187 Å². The number of aliphatic hydroxyl groups excluding tert-OH is 1. The molecule has 0 heterocycles. The third-order valence-electron chi connectivity index (χ3n) is 8.41. The number of unbranched alkanes of at least 4 members (excludes halogenated alkanes) is 24. The van der Waals surface area contributed by atoms with Crippen molar-refractivity contribution in [2.24, 2.45) is 0 Å². The second-order valence-electron chi connectivity index (χ2n) is 13.2. The SMILES string of the molecule is CCCCCCCCCCCCCCCCCC[N+](C)(C)CC(O)CNCCCCCCCCCCCC. The maximum Gasteiger partial charge on any atom is 0.115 e. The van der Waals surface area contributed by atoms with Gasteiger partial charge in [-0.3, -0.25) is 0 Å². The van der Waals surface area contributed by atoms with Gasteiger partial charge in [0.25, 0.3) is 0 Å². The van der Waals surface area contributed by atoms with Crippen LogP contribution in [0, 0.1) is 0 Å². The topological polar surface area (TPSA) is 32.3 Å². The Kier molecular flexibility index (Phi) is 29.8. The molecule has 38 heavy (non-hydrogen) atoms. The summed E-state index contributed by atoms with van der Waals surface area (Å²) >= 11 is 0. The van der Waals surface area contributed by atoms with Crippen molar-refractivity contribution in [1.82, 2.24) is 5.32 Å². The highest BCUT2D eigenvalue weighted by Gasteiger charge is 2.19. The normalized spacial score (nSPS) is 12.9. The minimum atomic E-state index is -0.228. The molecule has 0 spiro atoms. The average Bonchev–Trinajstić information content (AvgIpc) is 2.88. The zero-order valence-electron chi connectivity index (χ0n) is 27.2. The molecule has 0 aromatic carbocycles. The standard InChI is InChI=1S/C35H75N2O/c1-5-7-9-11-13-15-17-18-19-20-21-22-24-26-28-30-32-37(3,4)34-35(38)33-36-31-29-27-25-23-16-14-12-10-8-6-2/h35-36,38H,5-34H2,1-4H3/q+1. The van der Waals surface area contributed by atoms with Crippen LogP contribution in [-0.4, -0.2) is 56.0 Å². The zero-order valence-corrected chi connectivity index (χ0v) is 27.2. The highest BCUT2D eigenvalue weighted by molar-refractivity contribution is 4.60. The van der Waals surface area contributed by atoms with Gasteiger partial charge in [0.2, 0.25) is 0 Å². The van der Waals surface area contributed by atoms with Gasteiger partial charge in [0.1, 0.15) is 12.6 Å². The fourth-order valence-electron chi connectivity index (χ4n) is 5.82. The summed E-state index contributed by atoms with van der Waals surface area (Å²) in [6.45, 7) is 8.44. The van der Waals surface area contributed by atoms with E-state index in [9.17, 15) is 5.11 Å². The maximum absolute atomic E-state index is 10.5. The number of quaternary nitrogens is 1. The van der Waals surface area contributed by atoms with Crippen LogP contribution in [0.3, 0.4) is 0 Å². The lowest BCUT2D eigenvalue weighted by molar-refractivity contribution is -0.893. The molecule has 230 valence electrons. The maximum atomic E-state index is 10.5. The highest BCUT2D eigenvalue weighted by Crippen LogP contribution is 2.14. The Morgan fingerprint density at radius 1 is 0.474 bits per heavy atom. The van der Waals surface area contributed by atoms with Gasteiger partial charge in [-0.05, 0) is 25.8 Å². The fraction of sp³-hybridized carbons (Fsp3) is 1.00. The quantitative estimate of drug-likeness (QED) is 0.0658. The van der Waals surface area contributed by atoms with Crippen LogP contribution >= 0.6 is 0 Å². The minimum Gasteiger partial charge on any atom is -0.386 e. The van der Waals surface area contributed by atoms with E-state index in [4.69, 9.17) is 0 Å². The summed E-state index contributed by atoms with van der Waals surface area (Å²) in [5, 5.41) is 14.0. The van der Waals surface area contributed by atoms with Gasteiger partial charge in [0.05, 0.1) is 20.6 Å². The van der Waals surface area contributed by atoms with E-state index < -0.39 is 0 Å². The molecule has 0 rings (SSSR count). The molecule has 0 bridgehead atoms. The van der Waals surface area contributed by atoms with Crippen LogP contribution in [0.4, 0.5) is 0 Å². The predicted molar refractivity (Wildman–Crippen MR) is 172 cm³/mol. The Bertz CT molecular complexity index is 440. The number of aliphatic hydroxyl groups is 1. The Balaban J connectivity index is 3.40. The lowest BCUT2D eigenvalue weighted by Crippen LogP contribution is -2.48. The number of nitrogens with zero attached hydrogens (tertiary/aromatic N) is 1. The van der Waals surface area contributed by atoms with Crippen LogP contribution in [0.25, 0.3) is 0 Å². The molecular weight excluding hydrogens is 464 g/mol. The molecule has 0 saturated carbocycles. The van der Waals surface area contributed by atoms with Gasteiger partial charge >= 0.3 is 0 Å². The minimum absolute atomic E-state index is 0.228. The van der Waals surface area contributed by atoms with Crippen molar-refractivity contribution >= 4 is 0 Å². The van der Waals surface area contributed by atoms with Gasteiger partial charge in [-0.25, -0.2) is 0 Å². The second kappa shape index (κ2) is 29.9. The predicted octanol–water partition coefficient (Wildman–Crippen LogP) is 10.2. The van der Waals surface area contributed by atoms with E-state index >= 15 is 0 Å². The molecule has 3 nitrogen and oxygen atoms in total. The molecule has 0 radical (unpaired) electrons. The Labute approximate surface area is 241 Å². The monoisotopic (exact) mass is 540 g/mol. The van der Waals surface area contributed by atoms with Gasteiger partial charge < -0.3 is 14.9 Å². The summed E-state index contributed by atoms with van der Waals surface area (Å²) in [6.07, 6.45) is 36.4. The van der Waals surface area contributed by atoms with E-state index in [1.165, 1.54) is 173 Å². The van der Waals surface area contributed by atoms with E-state index in [0.717, 1.165) is 24.1 Å². The number of nitrogens with one attached hydrogen (secondary N) is 1. The lowest BCUT2D eigenvalue weighted by atomic mass is 10.0. The van der Waals surface area contributed by atoms with E-state index in [-0.39, 0.29) is 6.10 Å². The van der Waals surface area contributed by atoms with Gasteiger partial charge in [0, 0.05) is 6.54 Å². The summed E-state index contributed by atoms with van der Waals surface area (Å²) in [4.78, 5) is 0. The van der Waals surface area contributed by atoms with Crippen molar-refractivity contribution < 1.29 is 9.59 Å². The largest absolute Gasteiger partial charge is 0.386 e. The van der Waals surface area contributed by atoms with Gasteiger partial charge in [-0.15, -0.1) is 0 Å². The summed E-state index contributed by atoms with van der Waals surface area (Å²) in [5.74, 6) is 0. The molecule has 1 atom stereocenters. The van der Waals surface area contributed by atoms with Crippen molar-refractivity contribution in [1.29, 1.82) is 0 Å². The lowest BCUT2D eigenvalue weighted by Gasteiger charge is -2.32. The van der Waals surface area contributed by atoms with E-state index in [1.54, 1.807) is 0 Å². The van der Waals surface area contributed by atoms with Crippen molar-refractivity contribution in [3.05, 3.63) is 0 Å². The first kappa shape index (κ1) is 37.9. The second-order valence-corrected chi connectivity index (χ2v) is 13.2. The van der Waals surface area contributed by atoms with Crippen LogP contribution in [-0.2, 0) is 0 Å². The van der Waals surface area contributed by atoms with Crippen LogP contribution in [0.5, 0.6) is 0 Å². The molecule has 0 aliphatic heterocycles. The first-order valence-corrected chi connectivity index (χ1v) is 17.7. The Morgan fingerprint density at radius 3 is 1.16 bits per heavy atom. The molecule has 0 aromatic heterocycles. The third kappa shape index (κ3) is 30.4. The van der Waals surface area contributed by atoms with Gasteiger partial charge in [-0.1, -0.05) is 162 Å². The van der Waals surface area contributed by atoms with E-state index in [0.29, 0.717) is 0 Å². The first-order chi connectivity index (χ1) is 18.5. The molecule has 0 amide bonds. The van der Waals surface area contributed by atoms with Crippen molar-refractivity contribution in [3.8, 4) is 0 Å². The molecule has 0 fully saturated rings. The molecule has 2 N–H and O–H groups in total. The van der Waals surface area contributed by atoms with Crippen LogP contribution in [0.15, 0.2) is 0 Å². The van der Waals surface area contributed by atoms with Crippen LogP contribution in [0.2, 0.25) is 0 Å². The Hall–Kier alpha value is -0.120. The summed E-state index contributed by atoms with van der Waals surface area (Å²) in [7, 11) is 4.58. The summed E-state index contributed by atoms with van der Waals surface area (Å²) < 4.78 is 0.944. The molecule has 0 saturated heterocycles. The number of hydrogen-bond acceptors (Lipinski definition) is 2. The summed E-state index contributed by atoms with van der Waals surface area (Å²) in [5.41, 5.74) is 0. The molecule has 1 unspecified atom stereocenters. The molecule has 3 heteroatoms. The van der Waals surface area contributed by atoms with Crippen molar-refractivity contribution in [3.63, 3.8) is 0 Å². The molecule has 0 aromatic rings.